The van der Waals surface area contributed by atoms with E-state index in [2.05, 4.69) is 24.0 Å². The first kappa shape index (κ1) is 14.7. The molecule has 3 N–H and O–H groups in total. The van der Waals surface area contributed by atoms with Crippen molar-refractivity contribution in [2.24, 2.45) is 11.3 Å². The van der Waals surface area contributed by atoms with Crippen molar-refractivity contribution < 1.29 is 19.5 Å². The maximum Gasteiger partial charge on any atom is 0.338 e. The Balaban J connectivity index is 3.77. The third kappa shape index (κ3) is 6.23. The van der Waals surface area contributed by atoms with Crippen molar-refractivity contribution in [1.29, 1.82) is 0 Å². The molecule has 94 valence electrons. The van der Waals surface area contributed by atoms with Gasteiger partial charge in [0, 0.05) is 6.54 Å². The fraction of sp³-hybridized carbons (Fsp3) is 0.800. The first-order valence-corrected chi connectivity index (χ1v) is 5.13. The molecule has 0 aromatic carbocycles. The minimum Gasteiger partial charge on any atom is -0.479 e. The Hall–Kier alpha value is -1.30. The molecule has 0 rings (SSSR count). The van der Waals surface area contributed by atoms with Gasteiger partial charge in [0.25, 0.3) is 0 Å². The van der Waals surface area contributed by atoms with E-state index >= 15 is 0 Å². The Bertz CT molecular complexity index is 251. The first-order valence-electron chi connectivity index (χ1n) is 5.13. The highest BCUT2D eigenvalue weighted by atomic mass is 16.7. The average molecular weight is 232 g/mol. The molecule has 0 saturated heterocycles. The van der Waals surface area contributed by atoms with Gasteiger partial charge in [-0.15, -0.1) is 0 Å². The van der Waals surface area contributed by atoms with Crippen LogP contribution in [0.3, 0.4) is 0 Å². The molecule has 0 aromatic rings. The second-order valence-corrected chi connectivity index (χ2v) is 4.61. The second-order valence-electron chi connectivity index (χ2n) is 4.61. The Morgan fingerprint density at radius 2 is 1.94 bits per heavy atom. The molecular formula is C10H20N2O4. The predicted octanol–water partition coefficient (Wildman–Crippen LogP) is 0.984. The Kier molecular flexibility index (Phi) is 5.81. The Morgan fingerprint density at radius 3 is 2.38 bits per heavy atom. The van der Waals surface area contributed by atoms with Crippen molar-refractivity contribution in [2.45, 2.75) is 27.7 Å². The van der Waals surface area contributed by atoms with Crippen LogP contribution in [0.4, 0.5) is 4.79 Å². The number of carbonyl (C=O) groups is 2. The molecule has 0 aliphatic heterocycles. The lowest BCUT2D eigenvalue weighted by Crippen LogP contribution is -2.42. The average Bonchev–Trinajstić information content (AvgIpc) is 2.14. The molecule has 0 fully saturated rings. The van der Waals surface area contributed by atoms with Crippen molar-refractivity contribution in [3.8, 4) is 0 Å². The number of nitrogens with one attached hydrogen (secondary N) is 2. The van der Waals surface area contributed by atoms with Crippen molar-refractivity contribution in [3.05, 3.63) is 0 Å². The van der Waals surface area contributed by atoms with E-state index in [1.807, 2.05) is 19.3 Å². The number of carboxylic acid groups (broad SMARTS) is 1. The normalized spacial score (nSPS) is 11.3. The van der Waals surface area contributed by atoms with Crippen molar-refractivity contribution in [2.75, 3.05) is 13.2 Å². The molecule has 0 aliphatic carbocycles. The highest BCUT2D eigenvalue weighted by Gasteiger charge is 2.22. The maximum atomic E-state index is 11.2. The summed E-state index contributed by atoms with van der Waals surface area (Å²) < 4.78 is 0. The molecule has 0 aromatic heterocycles. The molecule has 6 nitrogen and oxygen atoms in total. The van der Waals surface area contributed by atoms with E-state index in [0.717, 1.165) is 0 Å². The summed E-state index contributed by atoms with van der Waals surface area (Å²) in [5.41, 5.74) is 1.97. The van der Waals surface area contributed by atoms with E-state index in [4.69, 9.17) is 5.11 Å². The van der Waals surface area contributed by atoms with E-state index in [-0.39, 0.29) is 5.41 Å². The third-order valence-corrected chi connectivity index (χ3v) is 2.63. The van der Waals surface area contributed by atoms with Gasteiger partial charge in [-0.25, -0.2) is 15.1 Å². The molecule has 0 heterocycles. The molecule has 16 heavy (non-hydrogen) atoms. The fourth-order valence-electron chi connectivity index (χ4n) is 0.712. The van der Waals surface area contributed by atoms with Gasteiger partial charge in [-0.3, -0.25) is 4.84 Å². The standard InChI is InChI=1S/C10H20N2O4/c1-7(2)10(3,4)6-11-9(15)12-16-5-8(13)14/h7H,5-6H2,1-4H3,(H,13,14)(H2,11,12,15). The number of carbonyl (C=O) groups excluding carboxylic acids is 1. The van der Waals surface area contributed by atoms with E-state index in [1.54, 1.807) is 0 Å². The number of hydrogen-bond acceptors (Lipinski definition) is 3. The van der Waals surface area contributed by atoms with E-state index in [0.29, 0.717) is 12.5 Å². The molecular weight excluding hydrogens is 212 g/mol. The number of carboxylic acids is 1. The predicted molar refractivity (Wildman–Crippen MR) is 58.7 cm³/mol. The number of urea groups is 1. The molecule has 6 heteroatoms. The lowest BCUT2D eigenvalue weighted by atomic mass is 9.81. The zero-order valence-electron chi connectivity index (χ0n) is 10.2. The fourth-order valence-corrected chi connectivity index (χ4v) is 0.712. The van der Waals surface area contributed by atoms with Gasteiger partial charge in [-0.1, -0.05) is 27.7 Å². The topological polar surface area (TPSA) is 87.7 Å². The van der Waals surface area contributed by atoms with Gasteiger partial charge in [0.15, 0.2) is 6.61 Å². The molecule has 0 spiro atoms. The summed E-state index contributed by atoms with van der Waals surface area (Å²) in [5.74, 6) is -0.712. The second kappa shape index (κ2) is 6.32. The van der Waals surface area contributed by atoms with Crippen molar-refractivity contribution in [3.63, 3.8) is 0 Å². The lowest BCUT2D eigenvalue weighted by molar-refractivity contribution is -0.144. The summed E-state index contributed by atoms with van der Waals surface area (Å²) >= 11 is 0. The van der Waals surface area contributed by atoms with E-state index < -0.39 is 18.6 Å². The number of hydrogen-bond donors (Lipinski definition) is 3. The summed E-state index contributed by atoms with van der Waals surface area (Å²) in [6, 6.07) is -0.532. The molecule has 0 radical (unpaired) electrons. The Morgan fingerprint density at radius 1 is 1.38 bits per heavy atom. The molecule has 0 bridgehead atoms. The number of rotatable bonds is 6. The van der Waals surface area contributed by atoms with E-state index in [9.17, 15) is 9.59 Å². The highest BCUT2D eigenvalue weighted by Crippen LogP contribution is 2.24. The minimum absolute atomic E-state index is 0.0237. The van der Waals surface area contributed by atoms with Gasteiger partial charge < -0.3 is 10.4 Å². The van der Waals surface area contributed by atoms with Gasteiger partial charge in [0.1, 0.15) is 0 Å². The number of amides is 2. The van der Waals surface area contributed by atoms with Gasteiger partial charge in [-0.05, 0) is 11.3 Å². The van der Waals surface area contributed by atoms with Crippen LogP contribution in [0.1, 0.15) is 27.7 Å². The smallest absolute Gasteiger partial charge is 0.338 e. The Labute approximate surface area is 95.3 Å². The van der Waals surface area contributed by atoms with Gasteiger partial charge in [0.05, 0.1) is 0 Å². The van der Waals surface area contributed by atoms with Crippen LogP contribution >= 0.6 is 0 Å². The molecule has 0 aliphatic rings. The number of aliphatic carboxylic acids is 1. The highest BCUT2D eigenvalue weighted by molar-refractivity contribution is 5.73. The monoisotopic (exact) mass is 232 g/mol. The zero-order valence-corrected chi connectivity index (χ0v) is 10.2. The number of hydroxylamine groups is 1. The molecule has 2 amide bonds. The van der Waals surface area contributed by atoms with Crippen LogP contribution in [0, 0.1) is 11.3 Å². The van der Waals surface area contributed by atoms with Crippen molar-refractivity contribution in [1.82, 2.24) is 10.8 Å². The summed E-state index contributed by atoms with van der Waals surface area (Å²) in [5, 5.41) is 10.9. The van der Waals surface area contributed by atoms with Crippen LogP contribution in [0.25, 0.3) is 0 Å². The van der Waals surface area contributed by atoms with Crippen LogP contribution in [-0.2, 0) is 9.63 Å². The van der Waals surface area contributed by atoms with Crippen LogP contribution in [0.15, 0.2) is 0 Å². The zero-order chi connectivity index (χ0) is 12.8. The quantitative estimate of drug-likeness (QED) is 0.596. The minimum atomic E-state index is -1.14. The van der Waals surface area contributed by atoms with Crippen LogP contribution in [0.2, 0.25) is 0 Å². The summed E-state index contributed by atoms with van der Waals surface area (Å²) in [6.07, 6.45) is 0. The van der Waals surface area contributed by atoms with E-state index in [1.165, 1.54) is 0 Å². The van der Waals surface area contributed by atoms with Crippen LogP contribution in [0.5, 0.6) is 0 Å². The lowest BCUT2D eigenvalue weighted by Gasteiger charge is -2.29. The van der Waals surface area contributed by atoms with Crippen molar-refractivity contribution >= 4 is 12.0 Å². The third-order valence-electron chi connectivity index (χ3n) is 2.63. The molecule has 0 unspecified atom stereocenters. The molecule has 0 atom stereocenters. The largest absolute Gasteiger partial charge is 0.479 e. The summed E-state index contributed by atoms with van der Waals surface area (Å²) in [7, 11) is 0. The summed E-state index contributed by atoms with van der Waals surface area (Å²) in [4.78, 5) is 25.7. The summed E-state index contributed by atoms with van der Waals surface area (Å²) in [6.45, 7) is 8.15. The van der Waals surface area contributed by atoms with Gasteiger partial charge in [0.2, 0.25) is 0 Å². The molecule has 0 saturated carbocycles. The first-order chi connectivity index (χ1) is 7.25. The van der Waals surface area contributed by atoms with Gasteiger partial charge in [-0.2, -0.15) is 0 Å². The SMILES string of the molecule is CC(C)C(C)(C)CNC(=O)NOCC(=O)O. The van der Waals surface area contributed by atoms with Crippen LogP contribution in [-0.4, -0.2) is 30.3 Å². The van der Waals surface area contributed by atoms with Gasteiger partial charge >= 0.3 is 12.0 Å². The maximum absolute atomic E-state index is 11.2. The van der Waals surface area contributed by atoms with Crippen LogP contribution < -0.4 is 10.8 Å².